The van der Waals surface area contributed by atoms with Crippen LogP contribution < -0.4 is 15.4 Å². The van der Waals surface area contributed by atoms with E-state index in [-0.39, 0.29) is 17.9 Å². The Hall–Kier alpha value is -3.28. The minimum absolute atomic E-state index is 0.118. The molecule has 0 unspecified atom stereocenters. The van der Waals surface area contributed by atoms with Gasteiger partial charge in [0.15, 0.2) is 0 Å². The molecule has 28 heavy (non-hydrogen) atoms. The minimum atomic E-state index is -0.285. The van der Waals surface area contributed by atoms with E-state index in [1.807, 2.05) is 13.0 Å². The minimum Gasteiger partial charge on any atom is -0.497 e. The number of amides is 2. The summed E-state index contributed by atoms with van der Waals surface area (Å²) in [5.41, 5.74) is 3.09. The van der Waals surface area contributed by atoms with Gasteiger partial charge in [0.25, 0.3) is 11.8 Å². The lowest BCUT2D eigenvalue weighted by Gasteiger charge is -2.11. The van der Waals surface area contributed by atoms with E-state index in [0.29, 0.717) is 39.3 Å². The van der Waals surface area contributed by atoms with Crippen molar-refractivity contribution < 1.29 is 18.7 Å². The number of ether oxygens (including phenoxy) is 1. The van der Waals surface area contributed by atoms with Crippen LogP contribution in [0.5, 0.6) is 5.75 Å². The smallest absolute Gasteiger partial charge is 0.259 e. The molecule has 144 valence electrons. The van der Waals surface area contributed by atoms with Crippen LogP contribution in [0, 0.1) is 13.8 Å². The van der Waals surface area contributed by atoms with Crippen molar-refractivity contribution in [1.29, 1.82) is 0 Å². The van der Waals surface area contributed by atoms with Crippen molar-refractivity contribution >= 4 is 28.5 Å². The molecule has 2 amide bonds. The second kappa shape index (κ2) is 7.03. The lowest BCUT2D eigenvalue weighted by atomic mass is 10.1. The maximum Gasteiger partial charge on any atom is 0.259 e. The first-order valence-electron chi connectivity index (χ1n) is 9.26. The molecule has 2 aromatic carbocycles. The van der Waals surface area contributed by atoms with Gasteiger partial charge in [0, 0.05) is 22.7 Å². The zero-order valence-corrected chi connectivity index (χ0v) is 16.1. The normalized spacial score (nSPS) is 13.4. The molecule has 2 N–H and O–H groups in total. The molecule has 1 aromatic heterocycles. The number of hydrogen-bond acceptors (Lipinski definition) is 4. The van der Waals surface area contributed by atoms with Gasteiger partial charge in [0.2, 0.25) is 0 Å². The number of methoxy groups -OCH3 is 1. The van der Waals surface area contributed by atoms with Crippen molar-refractivity contribution in [2.75, 3.05) is 12.4 Å². The Morgan fingerprint density at radius 3 is 2.57 bits per heavy atom. The molecule has 0 bridgehead atoms. The number of hydrogen-bond donors (Lipinski definition) is 2. The molecule has 1 fully saturated rings. The van der Waals surface area contributed by atoms with Gasteiger partial charge in [0.05, 0.1) is 12.7 Å². The van der Waals surface area contributed by atoms with Crippen LogP contribution in [0.4, 0.5) is 5.69 Å². The highest BCUT2D eigenvalue weighted by Crippen LogP contribution is 2.30. The number of furan rings is 1. The van der Waals surface area contributed by atoms with E-state index in [1.165, 1.54) is 0 Å². The lowest BCUT2D eigenvalue weighted by Crippen LogP contribution is -2.25. The number of carbonyl (C=O) groups is 2. The van der Waals surface area contributed by atoms with Crippen LogP contribution in [-0.4, -0.2) is 25.0 Å². The molecule has 1 aliphatic carbocycles. The van der Waals surface area contributed by atoms with Crippen molar-refractivity contribution in [3.63, 3.8) is 0 Å². The predicted octanol–water partition coefficient (Wildman–Crippen LogP) is 4.20. The van der Waals surface area contributed by atoms with Gasteiger partial charge >= 0.3 is 0 Å². The Morgan fingerprint density at radius 1 is 1.07 bits per heavy atom. The lowest BCUT2D eigenvalue weighted by molar-refractivity contribution is 0.0949. The van der Waals surface area contributed by atoms with Crippen LogP contribution in [0.2, 0.25) is 0 Å². The third-order valence-electron chi connectivity index (χ3n) is 4.96. The first kappa shape index (κ1) is 18.1. The maximum atomic E-state index is 13.0. The summed E-state index contributed by atoms with van der Waals surface area (Å²) in [6, 6.07) is 11.0. The van der Waals surface area contributed by atoms with Crippen LogP contribution in [0.15, 0.2) is 40.8 Å². The Balaban J connectivity index is 1.64. The largest absolute Gasteiger partial charge is 0.497 e. The fourth-order valence-corrected chi connectivity index (χ4v) is 3.19. The average molecular weight is 378 g/mol. The summed E-state index contributed by atoms with van der Waals surface area (Å²) in [6.07, 6.45) is 2.05. The van der Waals surface area contributed by atoms with Crippen LogP contribution in [0.25, 0.3) is 11.0 Å². The van der Waals surface area contributed by atoms with E-state index < -0.39 is 0 Å². The number of fused-ring (bicyclic) bond motifs is 1. The van der Waals surface area contributed by atoms with Crippen LogP contribution in [-0.2, 0) is 0 Å². The summed E-state index contributed by atoms with van der Waals surface area (Å²) in [4.78, 5) is 25.3. The highest BCUT2D eigenvalue weighted by molar-refractivity contribution is 6.14. The molecular weight excluding hydrogens is 356 g/mol. The van der Waals surface area contributed by atoms with Gasteiger partial charge in [-0.1, -0.05) is 6.07 Å². The molecular formula is C22H22N2O4. The van der Waals surface area contributed by atoms with Gasteiger partial charge < -0.3 is 19.8 Å². The van der Waals surface area contributed by atoms with Crippen molar-refractivity contribution in [3.05, 3.63) is 58.8 Å². The van der Waals surface area contributed by atoms with Gasteiger partial charge in [-0.15, -0.1) is 0 Å². The summed E-state index contributed by atoms with van der Waals surface area (Å²) in [6.45, 7) is 3.65. The number of aryl methyl sites for hydroxylation is 2. The van der Waals surface area contributed by atoms with Crippen molar-refractivity contribution in [2.24, 2.45) is 0 Å². The molecule has 0 aliphatic heterocycles. The standard InChI is InChI=1S/C22H22N2O4/c1-12-4-5-14(21(25)23-15-6-7-15)10-18(12)24-22(26)20-13(2)28-19-9-8-16(27-3)11-17(19)20/h4-5,8-11,15H,6-7H2,1-3H3,(H,23,25)(H,24,26). The highest BCUT2D eigenvalue weighted by atomic mass is 16.5. The monoisotopic (exact) mass is 378 g/mol. The molecule has 0 spiro atoms. The quantitative estimate of drug-likeness (QED) is 0.697. The molecule has 0 radical (unpaired) electrons. The second-order valence-corrected chi connectivity index (χ2v) is 7.13. The van der Waals surface area contributed by atoms with Gasteiger partial charge in [0.1, 0.15) is 17.1 Å². The molecule has 0 saturated heterocycles. The van der Waals surface area contributed by atoms with E-state index in [9.17, 15) is 9.59 Å². The summed E-state index contributed by atoms with van der Waals surface area (Å²) in [5, 5.41) is 6.58. The molecule has 1 heterocycles. The predicted molar refractivity (Wildman–Crippen MR) is 107 cm³/mol. The number of nitrogens with one attached hydrogen (secondary N) is 2. The van der Waals surface area contributed by atoms with E-state index >= 15 is 0 Å². The maximum absolute atomic E-state index is 13.0. The van der Waals surface area contributed by atoms with E-state index in [4.69, 9.17) is 9.15 Å². The molecule has 4 rings (SSSR count). The van der Waals surface area contributed by atoms with E-state index in [1.54, 1.807) is 44.4 Å². The van der Waals surface area contributed by atoms with Crippen LogP contribution >= 0.6 is 0 Å². The molecule has 6 heteroatoms. The summed E-state index contributed by atoms with van der Waals surface area (Å²) in [5.74, 6) is 0.776. The number of benzene rings is 2. The molecule has 3 aromatic rings. The zero-order chi connectivity index (χ0) is 19.8. The second-order valence-electron chi connectivity index (χ2n) is 7.13. The van der Waals surface area contributed by atoms with Crippen LogP contribution in [0.3, 0.4) is 0 Å². The van der Waals surface area contributed by atoms with Crippen molar-refractivity contribution in [3.8, 4) is 5.75 Å². The molecule has 1 aliphatic rings. The molecule has 6 nitrogen and oxygen atoms in total. The first-order valence-corrected chi connectivity index (χ1v) is 9.26. The third-order valence-corrected chi connectivity index (χ3v) is 4.96. The van der Waals surface area contributed by atoms with Gasteiger partial charge in [-0.3, -0.25) is 9.59 Å². The fraction of sp³-hybridized carbons (Fsp3) is 0.273. The third kappa shape index (κ3) is 3.45. The SMILES string of the molecule is COc1ccc2oc(C)c(C(=O)Nc3cc(C(=O)NC4CC4)ccc3C)c2c1. The zero-order valence-electron chi connectivity index (χ0n) is 16.1. The first-order chi connectivity index (χ1) is 13.5. The van der Waals surface area contributed by atoms with Gasteiger partial charge in [-0.25, -0.2) is 0 Å². The molecule has 0 atom stereocenters. The van der Waals surface area contributed by atoms with E-state index in [0.717, 1.165) is 18.4 Å². The Morgan fingerprint density at radius 2 is 1.86 bits per heavy atom. The Labute approximate surface area is 162 Å². The Bertz CT molecular complexity index is 1080. The van der Waals surface area contributed by atoms with Crippen molar-refractivity contribution in [2.45, 2.75) is 32.7 Å². The molecule has 1 saturated carbocycles. The van der Waals surface area contributed by atoms with E-state index in [2.05, 4.69) is 10.6 Å². The highest BCUT2D eigenvalue weighted by Gasteiger charge is 2.24. The summed E-state index contributed by atoms with van der Waals surface area (Å²) < 4.78 is 11.0. The van der Waals surface area contributed by atoms with Crippen LogP contribution in [0.1, 0.15) is 44.9 Å². The summed E-state index contributed by atoms with van der Waals surface area (Å²) >= 11 is 0. The fourth-order valence-electron chi connectivity index (χ4n) is 3.19. The topological polar surface area (TPSA) is 80.6 Å². The Kier molecular flexibility index (Phi) is 4.55. The summed E-state index contributed by atoms with van der Waals surface area (Å²) in [7, 11) is 1.58. The van der Waals surface area contributed by atoms with Crippen molar-refractivity contribution in [1.82, 2.24) is 5.32 Å². The number of carbonyl (C=O) groups excluding carboxylic acids is 2. The van der Waals surface area contributed by atoms with Gasteiger partial charge in [-0.2, -0.15) is 0 Å². The average Bonchev–Trinajstić information content (AvgIpc) is 3.42. The number of rotatable bonds is 5. The van der Waals surface area contributed by atoms with Gasteiger partial charge in [-0.05, 0) is 62.6 Å². The number of anilines is 1.